The van der Waals surface area contributed by atoms with Gasteiger partial charge in [-0.2, -0.15) is 0 Å². The predicted octanol–water partition coefficient (Wildman–Crippen LogP) is 3.06. The van der Waals surface area contributed by atoms with E-state index in [2.05, 4.69) is 22.0 Å². The second-order valence-electron chi connectivity index (χ2n) is 7.29. The molecule has 1 amide bonds. The van der Waals surface area contributed by atoms with Crippen molar-refractivity contribution in [1.29, 1.82) is 0 Å². The number of hydrogen-bond acceptors (Lipinski definition) is 3. The van der Waals surface area contributed by atoms with E-state index in [1.807, 2.05) is 12.1 Å². The molecule has 0 N–H and O–H groups in total. The summed E-state index contributed by atoms with van der Waals surface area (Å²) in [5.74, 6) is 1.96. The summed E-state index contributed by atoms with van der Waals surface area (Å²) in [5.41, 5.74) is 0.150. The number of allylic oxidation sites excluding steroid dienone is 2. The van der Waals surface area contributed by atoms with Gasteiger partial charge in [-0.05, 0) is 43.7 Å². The fraction of sp³-hybridized carbons (Fsp3) is 0.579. The molecule has 1 saturated carbocycles. The lowest BCUT2D eigenvalue weighted by Gasteiger charge is -2.29. The Bertz CT molecular complexity index is 593. The van der Waals surface area contributed by atoms with E-state index in [9.17, 15) is 4.79 Å². The summed E-state index contributed by atoms with van der Waals surface area (Å²) >= 11 is 0. The zero-order valence-corrected chi connectivity index (χ0v) is 13.5. The van der Waals surface area contributed by atoms with Crippen molar-refractivity contribution in [3.05, 3.63) is 36.7 Å². The van der Waals surface area contributed by atoms with Gasteiger partial charge in [0.25, 0.3) is 0 Å². The van der Waals surface area contributed by atoms with Gasteiger partial charge in [-0.3, -0.25) is 9.78 Å². The van der Waals surface area contributed by atoms with Crippen LogP contribution in [-0.4, -0.2) is 35.5 Å². The van der Waals surface area contributed by atoms with Gasteiger partial charge in [0.2, 0.25) is 5.91 Å². The lowest BCUT2D eigenvalue weighted by molar-refractivity contribution is -0.134. The molecule has 4 heteroatoms. The highest BCUT2D eigenvalue weighted by molar-refractivity contribution is 5.80. The molecule has 4 nitrogen and oxygen atoms in total. The van der Waals surface area contributed by atoms with Gasteiger partial charge in [0.1, 0.15) is 5.75 Å². The largest absolute Gasteiger partial charge is 0.491 e. The van der Waals surface area contributed by atoms with Gasteiger partial charge >= 0.3 is 0 Å². The summed E-state index contributed by atoms with van der Waals surface area (Å²) in [4.78, 5) is 19.0. The minimum absolute atomic E-state index is 0.150. The van der Waals surface area contributed by atoms with Crippen LogP contribution in [0.15, 0.2) is 36.7 Å². The van der Waals surface area contributed by atoms with Crippen LogP contribution in [0.2, 0.25) is 0 Å². The first-order valence-electron chi connectivity index (χ1n) is 8.73. The Morgan fingerprint density at radius 2 is 2.26 bits per heavy atom. The molecule has 0 radical (unpaired) electrons. The van der Waals surface area contributed by atoms with Crippen molar-refractivity contribution in [3.63, 3.8) is 0 Å². The Morgan fingerprint density at radius 3 is 3.04 bits per heavy atom. The molecule has 23 heavy (non-hydrogen) atoms. The van der Waals surface area contributed by atoms with Crippen molar-refractivity contribution in [2.24, 2.45) is 17.3 Å². The summed E-state index contributed by atoms with van der Waals surface area (Å²) in [6.07, 6.45) is 13.3. The maximum Gasteiger partial charge on any atom is 0.226 e. The topological polar surface area (TPSA) is 42.4 Å². The first-order chi connectivity index (χ1) is 11.3. The maximum absolute atomic E-state index is 12.7. The molecule has 0 bridgehead atoms. The molecular formula is C19H24N2O2. The van der Waals surface area contributed by atoms with E-state index in [4.69, 9.17) is 4.74 Å². The lowest BCUT2D eigenvalue weighted by atomic mass is 9.81. The van der Waals surface area contributed by atoms with E-state index < -0.39 is 0 Å². The van der Waals surface area contributed by atoms with E-state index in [0.29, 0.717) is 18.4 Å². The number of carbonyl (C=O) groups excluding carboxylic acids is 1. The molecule has 1 saturated heterocycles. The van der Waals surface area contributed by atoms with Crippen LogP contribution in [0.1, 0.15) is 32.1 Å². The van der Waals surface area contributed by atoms with E-state index in [1.54, 1.807) is 12.4 Å². The molecule has 2 heterocycles. The molecule has 4 rings (SSSR count). The third-order valence-electron chi connectivity index (χ3n) is 5.87. The summed E-state index contributed by atoms with van der Waals surface area (Å²) in [5, 5.41) is 0. The minimum atomic E-state index is 0.150. The number of hydrogen-bond donors (Lipinski definition) is 0. The van der Waals surface area contributed by atoms with Crippen LogP contribution in [0, 0.1) is 17.3 Å². The zero-order chi connectivity index (χ0) is 15.7. The van der Waals surface area contributed by atoms with Crippen molar-refractivity contribution in [2.45, 2.75) is 32.1 Å². The smallest absolute Gasteiger partial charge is 0.226 e. The van der Waals surface area contributed by atoms with Crippen molar-refractivity contribution in [1.82, 2.24) is 9.88 Å². The van der Waals surface area contributed by atoms with Gasteiger partial charge in [0.15, 0.2) is 0 Å². The fourth-order valence-electron chi connectivity index (χ4n) is 4.55. The van der Waals surface area contributed by atoms with E-state index in [0.717, 1.165) is 31.7 Å². The van der Waals surface area contributed by atoms with Gasteiger partial charge in [-0.25, -0.2) is 0 Å². The van der Waals surface area contributed by atoms with Crippen LogP contribution in [0.25, 0.3) is 0 Å². The van der Waals surface area contributed by atoms with E-state index >= 15 is 0 Å². The molecule has 122 valence electrons. The third kappa shape index (κ3) is 2.75. The fourth-order valence-corrected chi connectivity index (χ4v) is 4.55. The summed E-state index contributed by atoms with van der Waals surface area (Å²) in [6.45, 7) is 2.50. The van der Waals surface area contributed by atoms with Gasteiger partial charge in [-0.1, -0.05) is 18.6 Å². The standard InChI is InChI=1S/C19H24N2O2/c22-18(15-5-1-2-6-15)21-12-16-7-3-9-19(16,13-21)14-23-17-8-4-10-20-11-17/h1-2,4,8,10-11,15-16H,3,5-7,9,12-14H2/t16-,19+/m1/s1. The average molecular weight is 312 g/mol. The van der Waals surface area contributed by atoms with E-state index in [1.165, 1.54) is 19.3 Å². The maximum atomic E-state index is 12.7. The van der Waals surface area contributed by atoms with Gasteiger partial charge in [-0.15, -0.1) is 0 Å². The highest BCUT2D eigenvalue weighted by Crippen LogP contribution is 2.49. The number of likely N-dealkylation sites (tertiary alicyclic amines) is 1. The summed E-state index contributed by atoms with van der Waals surface area (Å²) in [6, 6.07) is 3.85. The zero-order valence-electron chi connectivity index (χ0n) is 13.5. The van der Waals surface area contributed by atoms with Gasteiger partial charge in [0, 0.05) is 30.6 Å². The van der Waals surface area contributed by atoms with Crippen molar-refractivity contribution in [3.8, 4) is 5.75 Å². The second-order valence-corrected chi connectivity index (χ2v) is 7.29. The summed E-state index contributed by atoms with van der Waals surface area (Å²) < 4.78 is 6.04. The Morgan fingerprint density at radius 1 is 1.39 bits per heavy atom. The molecule has 1 aromatic rings. The molecule has 2 fully saturated rings. The number of nitrogens with zero attached hydrogens (tertiary/aromatic N) is 2. The van der Waals surface area contributed by atoms with E-state index in [-0.39, 0.29) is 11.3 Å². The summed E-state index contributed by atoms with van der Waals surface area (Å²) in [7, 11) is 0. The van der Waals surface area contributed by atoms with Crippen LogP contribution in [0.4, 0.5) is 0 Å². The molecule has 0 unspecified atom stereocenters. The van der Waals surface area contributed by atoms with Crippen molar-refractivity contribution in [2.75, 3.05) is 19.7 Å². The van der Waals surface area contributed by atoms with Crippen LogP contribution < -0.4 is 4.74 Å². The quantitative estimate of drug-likeness (QED) is 0.803. The first kappa shape index (κ1) is 14.7. The van der Waals surface area contributed by atoms with Crippen molar-refractivity contribution >= 4 is 5.91 Å². The normalized spacial score (nSPS) is 29.9. The number of pyridine rings is 1. The second kappa shape index (κ2) is 5.99. The molecule has 0 aromatic carbocycles. The Labute approximate surface area is 137 Å². The average Bonchev–Trinajstić information content (AvgIpc) is 3.29. The first-order valence-corrected chi connectivity index (χ1v) is 8.73. The number of rotatable bonds is 4. The van der Waals surface area contributed by atoms with Crippen LogP contribution >= 0.6 is 0 Å². The number of carbonyl (C=O) groups is 1. The predicted molar refractivity (Wildman–Crippen MR) is 88.0 cm³/mol. The lowest BCUT2D eigenvalue weighted by Crippen LogP contribution is -2.37. The number of aromatic nitrogens is 1. The number of ether oxygens (including phenoxy) is 1. The molecular weight excluding hydrogens is 288 g/mol. The van der Waals surface area contributed by atoms with Crippen LogP contribution in [0.5, 0.6) is 5.75 Å². The van der Waals surface area contributed by atoms with Crippen LogP contribution in [0.3, 0.4) is 0 Å². The molecule has 1 aromatic heterocycles. The number of fused-ring (bicyclic) bond motifs is 1. The monoisotopic (exact) mass is 312 g/mol. The Balaban J connectivity index is 1.43. The Hall–Kier alpha value is -1.84. The third-order valence-corrected chi connectivity index (χ3v) is 5.87. The molecule has 2 atom stereocenters. The molecule has 1 aliphatic heterocycles. The van der Waals surface area contributed by atoms with Crippen LogP contribution in [-0.2, 0) is 4.79 Å². The van der Waals surface area contributed by atoms with Gasteiger partial charge in [0.05, 0.1) is 12.8 Å². The number of amides is 1. The molecule has 3 aliphatic rings. The highest BCUT2D eigenvalue weighted by atomic mass is 16.5. The van der Waals surface area contributed by atoms with Gasteiger partial charge < -0.3 is 9.64 Å². The SMILES string of the molecule is O=C(C1CC=CC1)N1C[C@H]2CCC[C@@]2(COc2cccnc2)C1. The minimum Gasteiger partial charge on any atom is -0.491 e. The molecule has 0 spiro atoms. The van der Waals surface area contributed by atoms with Crippen molar-refractivity contribution < 1.29 is 9.53 Å². The highest BCUT2D eigenvalue weighted by Gasteiger charge is 2.51. The Kier molecular flexibility index (Phi) is 3.83. The molecule has 2 aliphatic carbocycles.